The van der Waals surface area contributed by atoms with Crippen molar-refractivity contribution < 1.29 is 9.84 Å². The van der Waals surface area contributed by atoms with Crippen molar-refractivity contribution >= 4 is 11.7 Å². The van der Waals surface area contributed by atoms with Crippen LogP contribution in [0, 0.1) is 11.3 Å². The van der Waals surface area contributed by atoms with E-state index in [9.17, 15) is 15.2 Å². The molecular formula is C19H14N8O3. The first-order valence-corrected chi connectivity index (χ1v) is 9.10. The van der Waals surface area contributed by atoms with Crippen molar-refractivity contribution in [3.63, 3.8) is 0 Å². The topological polar surface area (TPSA) is 157 Å². The number of aromatic amines is 2. The van der Waals surface area contributed by atoms with E-state index in [4.69, 9.17) is 4.74 Å². The molecule has 1 aromatic carbocycles. The number of H-pyrrole nitrogens is 2. The molecule has 5 rings (SSSR count). The van der Waals surface area contributed by atoms with Crippen LogP contribution >= 0.6 is 0 Å². The van der Waals surface area contributed by atoms with Gasteiger partial charge in [0.15, 0.2) is 5.65 Å². The Labute approximate surface area is 167 Å². The zero-order valence-electron chi connectivity index (χ0n) is 15.4. The van der Waals surface area contributed by atoms with Gasteiger partial charge in [-0.25, -0.2) is 9.79 Å². The highest BCUT2D eigenvalue weighted by atomic mass is 16.5. The van der Waals surface area contributed by atoms with Crippen LogP contribution in [0.1, 0.15) is 24.1 Å². The summed E-state index contributed by atoms with van der Waals surface area (Å²) in [5.41, 5.74) is 0.684. The molecule has 0 atom stereocenters. The molecule has 0 unspecified atom stereocenters. The highest BCUT2D eigenvalue weighted by Crippen LogP contribution is 2.23. The van der Waals surface area contributed by atoms with E-state index in [1.54, 1.807) is 24.3 Å². The van der Waals surface area contributed by atoms with Gasteiger partial charge in [-0.05, 0) is 31.1 Å². The first-order valence-electron chi connectivity index (χ1n) is 9.10. The maximum atomic E-state index is 11.4. The number of aromatic nitrogens is 6. The van der Waals surface area contributed by atoms with Gasteiger partial charge in [-0.2, -0.15) is 24.8 Å². The van der Waals surface area contributed by atoms with Gasteiger partial charge in [-0.3, -0.25) is 4.98 Å². The first-order chi connectivity index (χ1) is 14.6. The van der Waals surface area contributed by atoms with Crippen molar-refractivity contribution in [2.75, 3.05) is 0 Å². The van der Waals surface area contributed by atoms with E-state index in [0.29, 0.717) is 27.8 Å². The zero-order valence-corrected chi connectivity index (χ0v) is 15.4. The molecule has 3 heterocycles. The van der Waals surface area contributed by atoms with E-state index in [1.807, 2.05) is 0 Å². The van der Waals surface area contributed by atoms with Crippen LogP contribution in [0.25, 0.3) is 11.7 Å². The minimum absolute atomic E-state index is 0.00605. The van der Waals surface area contributed by atoms with Crippen LogP contribution in [0.5, 0.6) is 17.6 Å². The number of para-hydroxylation sites is 1. The number of nitrogens with zero attached hydrogens (tertiary/aromatic N) is 6. The van der Waals surface area contributed by atoms with Gasteiger partial charge >= 0.3 is 11.7 Å². The van der Waals surface area contributed by atoms with E-state index in [1.165, 1.54) is 16.8 Å². The summed E-state index contributed by atoms with van der Waals surface area (Å²) in [6.45, 7) is 0. The molecule has 0 radical (unpaired) electrons. The van der Waals surface area contributed by atoms with Crippen LogP contribution in [-0.2, 0) is 0 Å². The Bertz CT molecular complexity index is 1490. The molecule has 11 nitrogen and oxygen atoms in total. The van der Waals surface area contributed by atoms with E-state index in [-0.39, 0.29) is 23.6 Å². The largest absolute Gasteiger partial charge is 0.493 e. The number of nitrogens with one attached hydrogen (secondary N) is 2. The van der Waals surface area contributed by atoms with Crippen LogP contribution in [0.3, 0.4) is 0 Å². The molecule has 1 aliphatic rings. The Hall–Kier alpha value is -4.46. The summed E-state index contributed by atoms with van der Waals surface area (Å²) >= 11 is 0. The van der Waals surface area contributed by atoms with Crippen LogP contribution in [0.4, 0.5) is 0 Å². The molecule has 4 aromatic rings. The molecule has 0 bridgehead atoms. The minimum atomic E-state index is -0.536. The number of benzene rings is 1. The van der Waals surface area contributed by atoms with Gasteiger partial charge in [0.25, 0.3) is 5.62 Å². The van der Waals surface area contributed by atoms with Gasteiger partial charge in [0, 0.05) is 5.22 Å². The summed E-state index contributed by atoms with van der Waals surface area (Å²) in [7, 11) is 0. The molecule has 0 amide bonds. The van der Waals surface area contributed by atoms with Crippen molar-refractivity contribution in [3.8, 4) is 23.7 Å². The maximum Gasteiger partial charge on any atom is 0.327 e. The van der Waals surface area contributed by atoms with Gasteiger partial charge in [0.2, 0.25) is 5.88 Å². The van der Waals surface area contributed by atoms with Crippen molar-refractivity contribution in [1.82, 2.24) is 29.5 Å². The number of nitriles is 1. The first kappa shape index (κ1) is 17.6. The third kappa shape index (κ3) is 3.26. The lowest BCUT2D eigenvalue weighted by Gasteiger charge is -2.05. The van der Waals surface area contributed by atoms with Crippen LogP contribution < -0.4 is 21.3 Å². The van der Waals surface area contributed by atoms with Crippen molar-refractivity contribution in [2.24, 2.45) is 4.99 Å². The number of ether oxygens (including phenoxy) is 1. The van der Waals surface area contributed by atoms with E-state index < -0.39 is 5.69 Å². The second kappa shape index (κ2) is 6.85. The Balaban J connectivity index is 1.70. The highest BCUT2D eigenvalue weighted by molar-refractivity contribution is 5.56. The summed E-state index contributed by atoms with van der Waals surface area (Å²) in [5, 5.41) is 23.9. The molecule has 1 aliphatic carbocycles. The molecule has 148 valence electrons. The summed E-state index contributed by atoms with van der Waals surface area (Å²) in [6.07, 6.45) is 4.99. The average molecular weight is 402 g/mol. The smallest absolute Gasteiger partial charge is 0.327 e. The molecule has 0 saturated heterocycles. The van der Waals surface area contributed by atoms with E-state index in [2.05, 4.69) is 36.1 Å². The normalized spacial score (nSPS) is 14.9. The summed E-state index contributed by atoms with van der Waals surface area (Å²) in [6, 6.07) is 9.00. The summed E-state index contributed by atoms with van der Waals surface area (Å²) < 4.78 is 7.25. The van der Waals surface area contributed by atoms with Gasteiger partial charge in [-0.15, -0.1) is 0 Å². The predicted octanol–water partition coefficient (Wildman–Crippen LogP) is 0.121. The fraction of sp³-hybridized carbons (Fsp3) is 0.158. The zero-order chi connectivity index (χ0) is 20.7. The van der Waals surface area contributed by atoms with Crippen molar-refractivity contribution in [3.05, 3.63) is 63.0 Å². The summed E-state index contributed by atoms with van der Waals surface area (Å²) in [5.74, 6) is 0.0232. The van der Waals surface area contributed by atoms with Crippen molar-refractivity contribution in [1.29, 1.82) is 5.26 Å². The molecule has 3 N–H and O–H groups in total. The molecule has 1 fully saturated rings. The average Bonchev–Trinajstić information content (AvgIpc) is 3.37. The predicted molar refractivity (Wildman–Crippen MR) is 102 cm³/mol. The third-order valence-corrected chi connectivity index (χ3v) is 4.45. The maximum absolute atomic E-state index is 11.4. The second-order valence-electron chi connectivity index (χ2n) is 6.70. The Morgan fingerprint density at radius 1 is 1.30 bits per heavy atom. The molecular weight excluding hydrogens is 388 g/mol. The lowest BCUT2D eigenvalue weighted by atomic mass is 10.2. The van der Waals surface area contributed by atoms with E-state index in [0.717, 1.165) is 12.8 Å². The number of hydrogen-bond donors (Lipinski definition) is 3. The number of rotatable bonds is 4. The lowest BCUT2D eigenvalue weighted by Crippen LogP contribution is -2.23. The Kier molecular flexibility index (Phi) is 4.03. The SMILES string of the molecule is N#Cc1ccccc1Oc1nc(=NC2CC2)n2nc/c(=C\c3[nH]c(=O)[nH]c3O)c2n1. The summed E-state index contributed by atoms with van der Waals surface area (Å²) in [4.78, 5) is 29.5. The molecule has 0 aliphatic heterocycles. The molecule has 3 aromatic heterocycles. The minimum Gasteiger partial charge on any atom is -0.493 e. The van der Waals surface area contributed by atoms with Crippen LogP contribution in [0.15, 0.2) is 40.2 Å². The monoisotopic (exact) mass is 402 g/mol. The van der Waals surface area contributed by atoms with Crippen molar-refractivity contribution in [2.45, 2.75) is 18.9 Å². The number of hydrogen-bond acceptors (Lipinski definition) is 8. The molecule has 0 spiro atoms. The number of aromatic hydroxyl groups is 1. The molecule has 11 heteroatoms. The second-order valence-corrected chi connectivity index (χ2v) is 6.70. The van der Waals surface area contributed by atoms with Gasteiger partial charge in [-0.1, -0.05) is 12.1 Å². The van der Waals surface area contributed by atoms with Crippen LogP contribution in [0.2, 0.25) is 0 Å². The molecule has 30 heavy (non-hydrogen) atoms. The number of imidazole rings is 1. The molecule has 1 saturated carbocycles. The van der Waals surface area contributed by atoms with Gasteiger partial charge in [0.1, 0.15) is 17.5 Å². The quantitative estimate of drug-likeness (QED) is 0.437. The highest BCUT2D eigenvalue weighted by Gasteiger charge is 2.21. The number of fused-ring (bicyclic) bond motifs is 1. The van der Waals surface area contributed by atoms with Crippen LogP contribution in [-0.4, -0.2) is 40.7 Å². The standard InChI is InChI=1S/C19H14N8O3/c20-8-10-3-1-2-4-14(10)30-19-24-15-11(7-13-16(28)25-18(29)23-13)9-21-27(15)17(26-19)22-12-5-6-12/h1-4,7,9,12,28H,5-6H2,(H2,23,25,29)/b11-7+,22-17?. The fourth-order valence-electron chi connectivity index (χ4n) is 2.85. The Morgan fingerprint density at radius 3 is 2.87 bits per heavy atom. The third-order valence-electron chi connectivity index (χ3n) is 4.45. The van der Waals surface area contributed by atoms with Gasteiger partial charge < -0.3 is 14.8 Å². The van der Waals surface area contributed by atoms with E-state index >= 15 is 0 Å². The Morgan fingerprint density at radius 2 is 2.13 bits per heavy atom. The lowest BCUT2D eigenvalue weighted by molar-refractivity contribution is 0.434. The fourth-order valence-corrected chi connectivity index (χ4v) is 2.85. The van der Waals surface area contributed by atoms with Gasteiger partial charge in [0.05, 0.1) is 17.8 Å².